The standard InChI is InChI=1S/C28H47ClN4O4S/c1-21(2)37-24(34)19-17-15-13-11-9-7-6-8-10-12-14-16-18-20-33-23(5)30-26-25(33)27(32-28(29)31-26)38(35,36)22(3)4/h21-22H,6-20H2,1-5H3. The molecule has 38 heavy (non-hydrogen) atoms. The van der Waals surface area contributed by atoms with E-state index in [0.717, 1.165) is 31.5 Å². The van der Waals surface area contributed by atoms with Gasteiger partial charge in [0.1, 0.15) is 11.3 Å². The van der Waals surface area contributed by atoms with E-state index in [0.29, 0.717) is 24.1 Å². The molecule has 216 valence electrons. The summed E-state index contributed by atoms with van der Waals surface area (Å²) in [6.45, 7) is 9.61. The van der Waals surface area contributed by atoms with Gasteiger partial charge in [-0.3, -0.25) is 4.79 Å². The Labute approximate surface area is 234 Å². The van der Waals surface area contributed by atoms with Crippen LogP contribution >= 0.6 is 11.6 Å². The molecule has 2 rings (SSSR count). The van der Waals surface area contributed by atoms with Crippen LogP contribution in [0.4, 0.5) is 0 Å². The van der Waals surface area contributed by atoms with Gasteiger partial charge in [0.2, 0.25) is 5.28 Å². The van der Waals surface area contributed by atoms with Crippen LogP contribution in [0.5, 0.6) is 0 Å². The van der Waals surface area contributed by atoms with Crippen molar-refractivity contribution >= 4 is 38.6 Å². The van der Waals surface area contributed by atoms with Crippen LogP contribution in [0, 0.1) is 6.92 Å². The van der Waals surface area contributed by atoms with E-state index in [1.54, 1.807) is 13.8 Å². The summed E-state index contributed by atoms with van der Waals surface area (Å²) in [4.78, 5) is 24.2. The molecule has 0 fully saturated rings. The lowest BCUT2D eigenvalue weighted by Crippen LogP contribution is -2.18. The van der Waals surface area contributed by atoms with Crippen LogP contribution < -0.4 is 0 Å². The van der Waals surface area contributed by atoms with Crippen LogP contribution in [-0.2, 0) is 25.9 Å². The van der Waals surface area contributed by atoms with E-state index < -0.39 is 15.1 Å². The molecule has 0 N–H and O–H groups in total. The zero-order chi connectivity index (χ0) is 28.1. The number of hydrogen-bond acceptors (Lipinski definition) is 7. The number of imidazole rings is 1. The van der Waals surface area contributed by atoms with Crippen molar-refractivity contribution < 1.29 is 17.9 Å². The fraction of sp³-hybridized carbons (Fsp3) is 0.786. The number of unbranched alkanes of at least 4 members (excludes halogenated alkanes) is 12. The van der Waals surface area contributed by atoms with Crippen molar-refractivity contribution in [2.45, 2.75) is 147 Å². The van der Waals surface area contributed by atoms with Gasteiger partial charge < -0.3 is 9.30 Å². The zero-order valence-electron chi connectivity index (χ0n) is 24.0. The summed E-state index contributed by atoms with van der Waals surface area (Å²) in [5, 5.41) is -0.719. The molecule has 0 aliphatic rings. The monoisotopic (exact) mass is 570 g/mol. The Balaban J connectivity index is 1.60. The Morgan fingerprint density at radius 2 is 1.32 bits per heavy atom. The van der Waals surface area contributed by atoms with Gasteiger partial charge in [0.15, 0.2) is 20.5 Å². The predicted molar refractivity (Wildman–Crippen MR) is 153 cm³/mol. The average molecular weight is 571 g/mol. The maximum absolute atomic E-state index is 12.9. The zero-order valence-corrected chi connectivity index (χ0v) is 25.5. The Morgan fingerprint density at radius 1 is 0.816 bits per heavy atom. The smallest absolute Gasteiger partial charge is 0.306 e. The summed E-state index contributed by atoms with van der Waals surface area (Å²) in [6.07, 6.45) is 15.8. The Hall–Kier alpha value is -1.74. The predicted octanol–water partition coefficient (Wildman–Crippen LogP) is 7.38. The Morgan fingerprint density at radius 3 is 1.82 bits per heavy atom. The Kier molecular flexibility index (Phi) is 14.0. The third-order valence-electron chi connectivity index (χ3n) is 6.75. The molecule has 10 heteroatoms. The molecule has 0 aliphatic carbocycles. The van der Waals surface area contributed by atoms with Gasteiger partial charge in [0, 0.05) is 13.0 Å². The van der Waals surface area contributed by atoms with Crippen LogP contribution in [0.15, 0.2) is 5.03 Å². The lowest BCUT2D eigenvalue weighted by molar-refractivity contribution is -0.147. The largest absolute Gasteiger partial charge is 0.463 e. The fourth-order valence-corrected chi connectivity index (χ4v) is 5.93. The van der Waals surface area contributed by atoms with Gasteiger partial charge in [-0.1, -0.05) is 70.6 Å². The third-order valence-corrected chi connectivity index (χ3v) is 8.99. The lowest BCUT2D eigenvalue weighted by atomic mass is 10.0. The van der Waals surface area contributed by atoms with Crippen LogP contribution in [0.25, 0.3) is 11.2 Å². The van der Waals surface area contributed by atoms with Crippen molar-refractivity contribution in [2.24, 2.45) is 0 Å². The number of hydrogen-bond donors (Lipinski definition) is 0. The number of halogens is 1. The minimum absolute atomic E-state index is 0.0167. The average Bonchev–Trinajstić information content (AvgIpc) is 3.14. The van der Waals surface area contributed by atoms with Crippen molar-refractivity contribution in [3.63, 3.8) is 0 Å². The number of carbonyl (C=O) groups excluding carboxylic acids is 1. The van der Waals surface area contributed by atoms with Gasteiger partial charge in [0.25, 0.3) is 0 Å². The number of aryl methyl sites for hydroxylation is 2. The second-order valence-electron chi connectivity index (χ2n) is 10.8. The molecule has 0 saturated heterocycles. The maximum Gasteiger partial charge on any atom is 0.306 e. The van der Waals surface area contributed by atoms with Gasteiger partial charge >= 0.3 is 5.97 Å². The molecular weight excluding hydrogens is 524 g/mol. The molecule has 0 amide bonds. The molecule has 0 saturated carbocycles. The number of aromatic nitrogens is 4. The minimum atomic E-state index is -3.61. The minimum Gasteiger partial charge on any atom is -0.463 e. The van der Waals surface area contributed by atoms with Gasteiger partial charge in [-0.05, 0) is 59.1 Å². The van der Waals surface area contributed by atoms with Gasteiger partial charge in [-0.15, -0.1) is 0 Å². The van der Waals surface area contributed by atoms with Crippen molar-refractivity contribution in [1.29, 1.82) is 0 Å². The second kappa shape index (κ2) is 16.4. The number of rotatable bonds is 19. The Bertz CT molecular complexity index is 1120. The fourth-order valence-electron chi connectivity index (χ4n) is 4.59. The molecule has 0 aliphatic heterocycles. The highest BCUT2D eigenvalue weighted by molar-refractivity contribution is 7.92. The quantitative estimate of drug-likeness (QED) is 0.0750. The normalized spacial score (nSPS) is 12.2. The topological polar surface area (TPSA) is 104 Å². The van der Waals surface area contributed by atoms with Crippen molar-refractivity contribution in [3.05, 3.63) is 11.1 Å². The summed E-state index contributed by atoms with van der Waals surface area (Å²) in [7, 11) is -3.61. The van der Waals surface area contributed by atoms with Crippen molar-refractivity contribution in [1.82, 2.24) is 19.5 Å². The second-order valence-corrected chi connectivity index (χ2v) is 13.5. The molecular formula is C28H47ClN4O4S. The number of carbonyl (C=O) groups is 1. The molecule has 0 radical (unpaired) electrons. The number of nitrogens with zero attached hydrogens (tertiary/aromatic N) is 4. The van der Waals surface area contributed by atoms with Gasteiger partial charge in [-0.2, -0.15) is 4.98 Å². The van der Waals surface area contributed by atoms with E-state index in [2.05, 4.69) is 15.0 Å². The maximum atomic E-state index is 12.9. The van der Waals surface area contributed by atoms with Crippen LogP contribution in [0.1, 0.15) is 123 Å². The highest BCUT2D eigenvalue weighted by Gasteiger charge is 2.28. The van der Waals surface area contributed by atoms with Crippen LogP contribution in [0.2, 0.25) is 5.28 Å². The number of esters is 1. The molecule has 0 bridgehead atoms. The van der Waals surface area contributed by atoms with E-state index >= 15 is 0 Å². The van der Waals surface area contributed by atoms with Gasteiger partial charge in [0.05, 0.1) is 11.4 Å². The number of ether oxygens (including phenoxy) is 1. The molecule has 0 spiro atoms. The summed E-state index contributed by atoms with van der Waals surface area (Å²) in [6, 6.07) is 0. The first-order valence-electron chi connectivity index (χ1n) is 14.4. The van der Waals surface area contributed by atoms with E-state index in [1.165, 1.54) is 57.8 Å². The number of fused-ring (bicyclic) bond motifs is 1. The van der Waals surface area contributed by atoms with E-state index in [4.69, 9.17) is 16.3 Å². The lowest BCUT2D eigenvalue weighted by Gasteiger charge is -2.12. The summed E-state index contributed by atoms with van der Waals surface area (Å²) in [5.41, 5.74) is 0.808. The first-order chi connectivity index (χ1) is 18.0. The van der Waals surface area contributed by atoms with Crippen molar-refractivity contribution in [2.75, 3.05) is 0 Å². The molecule has 8 nitrogen and oxygen atoms in total. The summed E-state index contributed by atoms with van der Waals surface area (Å²) in [5.74, 6) is 0.655. The van der Waals surface area contributed by atoms with Gasteiger partial charge in [-0.25, -0.2) is 18.4 Å². The summed E-state index contributed by atoms with van der Waals surface area (Å²) < 4.78 is 32.9. The molecule has 2 aromatic heterocycles. The van der Waals surface area contributed by atoms with Crippen molar-refractivity contribution in [3.8, 4) is 0 Å². The SMILES string of the molecule is Cc1nc2nc(Cl)nc(S(=O)(=O)C(C)C)c2n1CCCCCCCCCCCCCCCC(=O)OC(C)C. The third kappa shape index (κ3) is 10.4. The first-order valence-corrected chi connectivity index (χ1v) is 16.3. The molecule has 0 aromatic carbocycles. The molecule has 2 heterocycles. The summed E-state index contributed by atoms with van der Waals surface area (Å²) >= 11 is 6.01. The molecule has 0 unspecified atom stereocenters. The van der Waals surface area contributed by atoms with E-state index in [9.17, 15) is 13.2 Å². The highest BCUT2D eigenvalue weighted by Crippen LogP contribution is 2.26. The van der Waals surface area contributed by atoms with E-state index in [-0.39, 0.29) is 22.4 Å². The van der Waals surface area contributed by atoms with E-state index in [1.807, 2.05) is 25.3 Å². The van der Waals surface area contributed by atoms with Crippen LogP contribution in [0.3, 0.4) is 0 Å². The first kappa shape index (κ1) is 32.5. The van der Waals surface area contributed by atoms with Crippen LogP contribution in [-0.4, -0.2) is 45.3 Å². The number of sulfone groups is 1. The molecule has 0 atom stereocenters. The molecule has 2 aromatic rings. The highest BCUT2D eigenvalue weighted by atomic mass is 35.5.